The number of amides is 1. The van der Waals surface area contributed by atoms with Crippen LogP contribution < -0.4 is 5.32 Å². The quantitative estimate of drug-likeness (QED) is 0.891. The highest BCUT2D eigenvalue weighted by atomic mass is 35.5. The number of nitrogens with zero attached hydrogens (tertiary/aromatic N) is 1. The number of hydrogen-bond acceptors (Lipinski definition) is 3. The molecule has 0 saturated heterocycles. The number of anilines is 1. The molecular formula is C12H11ClN2O2. The number of nitrogens with one attached hydrogen (secondary N) is 1. The van der Waals surface area contributed by atoms with Crippen LogP contribution in [0.25, 0.3) is 0 Å². The Labute approximate surface area is 104 Å². The van der Waals surface area contributed by atoms with Crippen molar-refractivity contribution in [3.63, 3.8) is 0 Å². The minimum Gasteiger partial charge on any atom is -0.364 e. The van der Waals surface area contributed by atoms with E-state index in [9.17, 15) is 4.79 Å². The number of rotatable bonds is 2. The van der Waals surface area contributed by atoms with Gasteiger partial charge in [0.25, 0.3) is 5.91 Å². The molecule has 4 nitrogen and oxygen atoms in total. The van der Waals surface area contributed by atoms with Crippen molar-refractivity contribution in [2.75, 3.05) is 5.32 Å². The fourth-order valence-corrected chi connectivity index (χ4v) is 1.60. The molecule has 0 bridgehead atoms. The van der Waals surface area contributed by atoms with Crippen LogP contribution in [0.1, 0.15) is 21.6 Å². The predicted octanol–water partition coefficient (Wildman–Crippen LogP) is 3.20. The predicted molar refractivity (Wildman–Crippen MR) is 65.4 cm³/mol. The van der Waals surface area contributed by atoms with Crippen molar-refractivity contribution in [2.45, 2.75) is 13.8 Å². The number of halogens is 1. The number of benzene rings is 1. The standard InChI is InChI=1S/C12H11ClN2O2/c1-7-3-4-9(13)5-11(7)14-12(16)10-6-17-15-8(10)2/h3-6H,1-2H3,(H,14,16). The number of carbonyl (C=O) groups is 1. The maximum absolute atomic E-state index is 11.9. The van der Waals surface area contributed by atoms with Gasteiger partial charge in [-0.05, 0) is 31.5 Å². The molecule has 1 heterocycles. The smallest absolute Gasteiger partial charge is 0.260 e. The van der Waals surface area contributed by atoms with Crippen molar-refractivity contribution in [3.05, 3.63) is 46.3 Å². The molecule has 1 aromatic carbocycles. The van der Waals surface area contributed by atoms with Gasteiger partial charge in [0.2, 0.25) is 0 Å². The van der Waals surface area contributed by atoms with E-state index in [-0.39, 0.29) is 5.91 Å². The molecule has 2 rings (SSSR count). The van der Waals surface area contributed by atoms with Crippen molar-refractivity contribution < 1.29 is 9.32 Å². The molecule has 1 aromatic heterocycles. The maximum Gasteiger partial charge on any atom is 0.260 e. The van der Waals surface area contributed by atoms with Crippen LogP contribution in [0, 0.1) is 13.8 Å². The zero-order valence-electron chi connectivity index (χ0n) is 9.45. The molecule has 0 aliphatic rings. The van der Waals surface area contributed by atoms with E-state index in [2.05, 4.69) is 10.5 Å². The molecule has 5 heteroatoms. The second-order valence-electron chi connectivity index (χ2n) is 3.73. The van der Waals surface area contributed by atoms with Crippen molar-refractivity contribution >= 4 is 23.2 Å². The van der Waals surface area contributed by atoms with Crippen molar-refractivity contribution in [1.29, 1.82) is 0 Å². The Balaban J connectivity index is 2.24. The second-order valence-corrected chi connectivity index (χ2v) is 4.16. The van der Waals surface area contributed by atoms with Gasteiger partial charge < -0.3 is 9.84 Å². The average Bonchev–Trinajstić information content (AvgIpc) is 2.70. The molecule has 17 heavy (non-hydrogen) atoms. The highest BCUT2D eigenvalue weighted by molar-refractivity contribution is 6.31. The van der Waals surface area contributed by atoms with Crippen molar-refractivity contribution in [3.8, 4) is 0 Å². The molecule has 0 radical (unpaired) electrons. The van der Waals surface area contributed by atoms with E-state index in [0.29, 0.717) is 22.0 Å². The highest BCUT2D eigenvalue weighted by Crippen LogP contribution is 2.21. The van der Waals surface area contributed by atoms with Gasteiger partial charge in [-0.15, -0.1) is 0 Å². The topological polar surface area (TPSA) is 55.1 Å². The molecule has 0 unspecified atom stereocenters. The lowest BCUT2D eigenvalue weighted by atomic mass is 10.2. The summed E-state index contributed by atoms with van der Waals surface area (Å²) in [6.45, 7) is 3.61. The Bertz CT molecular complexity index is 563. The summed E-state index contributed by atoms with van der Waals surface area (Å²) in [5.41, 5.74) is 2.60. The number of aryl methyl sites for hydroxylation is 2. The Kier molecular flexibility index (Phi) is 3.15. The third-order valence-corrected chi connectivity index (χ3v) is 2.68. The van der Waals surface area contributed by atoms with E-state index in [1.165, 1.54) is 6.26 Å². The van der Waals surface area contributed by atoms with Crippen LogP contribution in [-0.4, -0.2) is 11.1 Å². The summed E-state index contributed by atoms with van der Waals surface area (Å²) in [5, 5.41) is 7.01. The third-order valence-electron chi connectivity index (χ3n) is 2.44. The molecule has 0 atom stereocenters. The van der Waals surface area contributed by atoms with E-state index in [4.69, 9.17) is 16.1 Å². The zero-order chi connectivity index (χ0) is 12.4. The van der Waals surface area contributed by atoms with Gasteiger partial charge in [-0.1, -0.05) is 22.8 Å². The molecule has 0 aliphatic heterocycles. The first-order valence-corrected chi connectivity index (χ1v) is 5.44. The lowest BCUT2D eigenvalue weighted by Crippen LogP contribution is -2.13. The molecule has 0 saturated carbocycles. The summed E-state index contributed by atoms with van der Waals surface area (Å²) in [4.78, 5) is 11.9. The summed E-state index contributed by atoms with van der Waals surface area (Å²) in [6.07, 6.45) is 1.32. The summed E-state index contributed by atoms with van der Waals surface area (Å²) >= 11 is 5.87. The van der Waals surface area contributed by atoms with Gasteiger partial charge in [-0.25, -0.2) is 0 Å². The number of carbonyl (C=O) groups excluding carboxylic acids is 1. The first-order chi connectivity index (χ1) is 8.08. The summed E-state index contributed by atoms with van der Waals surface area (Å²) in [5.74, 6) is -0.255. The Morgan fingerprint density at radius 1 is 1.41 bits per heavy atom. The van der Waals surface area contributed by atoms with Crippen LogP contribution in [0.3, 0.4) is 0 Å². The Hall–Kier alpha value is -1.81. The van der Waals surface area contributed by atoms with Crippen LogP contribution in [0.15, 0.2) is 29.0 Å². The molecule has 0 fully saturated rings. The van der Waals surface area contributed by atoms with Gasteiger partial charge in [-0.2, -0.15) is 0 Å². The van der Waals surface area contributed by atoms with Crippen LogP contribution in [0.2, 0.25) is 5.02 Å². The lowest BCUT2D eigenvalue weighted by molar-refractivity contribution is 0.102. The first-order valence-electron chi connectivity index (χ1n) is 5.06. The summed E-state index contributed by atoms with van der Waals surface area (Å²) in [6, 6.07) is 5.33. The van der Waals surface area contributed by atoms with E-state index < -0.39 is 0 Å². The largest absolute Gasteiger partial charge is 0.364 e. The summed E-state index contributed by atoms with van der Waals surface area (Å²) in [7, 11) is 0. The zero-order valence-corrected chi connectivity index (χ0v) is 10.2. The molecule has 0 spiro atoms. The molecule has 1 amide bonds. The maximum atomic E-state index is 11.9. The molecule has 0 aliphatic carbocycles. The van der Waals surface area contributed by atoms with E-state index in [1.807, 2.05) is 13.0 Å². The fourth-order valence-electron chi connectivity index (χ4n) is 1.43. The SMILES string of the molecule is Cc1ccc(Cl)cc1NC(=O)c1conc1C. The van der Waals surface area contributed by atoms with E-state index in [0.717, 1.165) is 5.56 Å². The summed E-state index contributed by atoms with van der Waals surface area (Å²) < 4.78 is 4.72. The van der Waals surface area contributed by atoms with Crippen LogP contribution in [0.5, 0.6) is 0 Å². The fraction of sp³-hybridized carbons (Fsp3) is 0.167. The Morgan fingerprint density at radius 3 is 2.82 bits per heavy atom. The van der Waals surface area contributed by atoms with Crippen LogP contribution in [-0.2, 0) is 0 Å². The average molecular weight is 251 g/mol. The normalized spacial score (nSPS) is 10.3. The number of aromatic nitrogens is 1. The van der Waals surface area contributed by atoms with E-state index >= 15 is 0 Å². The molecule has 1 N–H and O–H groups in total. The minimum atomic E-state index is -0.255. The lowest BCUT2D eigenvalue weighted by Gasteiger charge is -2.07. The Morgan fingerprint density at radius 2 is 2.18 bits per heavy atom. The molecule has 2 aromatic rings. The van der Waals surface area contributed by atoms with Crippen LogP contribution >= 0.6 is 11.6 Å². The van der Waals surface area contributed by atoms with Gasteiger partial charge in [0, 0.05) is 10.7 Å². The minimum absolute atomic E-state index is 0.255. The number of hydrogen-bond donors (Lipinski definition) is 1. The monoisotopic (exact) mass is 250 g/mol. The third kappa shape index (κ3) is 2.47. The second kappa shape index (κ2) is 4.59. The van der Waals surface area contributed by atoms with Crippen LogP contribution in [0.4, 0.5) is 5.69 Å². The van der Waals surface area contributed by atoms with Gasteiger partial charge in [-0.3, -0.25) is 4.79 Å². The van der Waals surface area contributed by atoms with Gasteiger partial charge in [0.15, 0.2) is 0 Å². The van der Waals surface area contributed by atoms with Gasteiger partial charge >= 0.3 is 0 Å². The molecule has 88 valence electrons. The highest BCUT2D eigenvalue weighted by Gasteiger charge is 2.13. The van der Waals surface area contributed by atoms with E-state index in [1.54, 1.807) is 19.1 Å². The van der Waals surface area contributed by atoms with Crippen molar-refractivity contribution in [1.82, 2.24) is 5.16 Å². The first kappa shape index (κ1) is 11.7. The van der Waals surface area contributed by atoms with Crippen molar-refractivity contribution in [2.24, 2.45) is 0 Å². The van der Waals surface area contributed by atoms with Gasteiger partial charge in [0.05, 0.1) is 5.69 Å². The molecular weight excluding hydrogens is 240 g/mol. The van der Waals surface area contributed by atoms with Gasteiger partial charge in [0.1, 0.15) is 11.8 Å².